The molecule has 0 aromatic rings. The molecule has 0 radical (unpaired) electrons. The Labute approximate surface area is 112 Å². The summed E-state index contributed by atoms with van der Waals surface area (Å²) in [4.78, 5) is 7.44. The lowest BCUT2D eigenvalue weighted by molar-refractivity contribution is 0.0250. The van der Waals surface area contributed by atoms with Crippen LogP contribution in [0.3, 0.4) is 0 Å². The molecule has 106 valence electrons. The van der Waals surface area contributed by atoms with Gasteiger partial charge >= 0.3 is 0 Å². The summed E-state index contributed by atoms with van der Waals surface area (Å²) >= 11 is 0. The van der Waals surface area contributed by atoms with Gasteiger partial charge in [-0.25, -0.2) is 0 Å². The quantitative estimate of drug-likeness (QED) is 0.739. The van der Waals surface area contributed by atoms with E-state index >= 15 is 0 Å². The van der Waals surface area contributed by atoms with Gasteiger partial charge in [-0.3, -0.25) is 4.90 Å². The molecule has 4 nitrogen and oxygen atoms in total. The van der Waals surface area contributed by atoms with E-state index in [2.05, 4.69) is 35.8 Å². The molecule has 3 atom stereocenters. The van der Waals surface area contributed by atoms with E-state index in [1.165, 1.54) is 52.0 Å². The number of piperidine rings is 1. The fourth-order valence-corrected chi connectivity index (χ4v) is 3.80. The first kappa shape index (κ1) is 14.3. The highest BCUT2D eigenvalue weighted by Crippen LogP contribution is 2.38. The van der Waals surface area contributed by atoms with Gasteiger partial charge in [0.2, 0.25) is 0 Å². The molecule has 2 bridgehead atoms. The summed E-state index contributed by atoms with van der Waals surface area (Å²) in [6, 6.07) is 0. The predicted octanol–water partition coefficient (Wildman–Crippen LogP) is 0.293. The Hall–Kier alpha value is -0.160. The number of likely N-dealkylation sites (N-methyl/N-ethyl adjacent to an activating group) is 1. The van der Waals surface area contributed by atoms with Crippen molar-refractivity contribution in [3.8, 4) is 0 Å². The van der Waals surface area contributed by atoms with E-state index in [0.717, 1.165) is 12.5 Å². The van der Waals surface area contributed by atoms with Crippen LogP contribution in [0.15, 0.2) is 0 Å². The minimum Gasteiger partial charge on any atom is -0.329 e. The Balaban J connectivity index is 1.93. The van der Waals surface area contributed by atoms with Gasteiger partial charge in [-0.05, 0) is 72.5 Å². The Morgan fingerprint density at radius 3 is 2.67 bits per heavy atom. The molecule has 2 aliphatic heterocycles. The number of nitrogens with two attached hydrogens (primary N) is 1. The molecule has 0 aromatic heterocycles. The molecule has 0 spiro atoms. The standard InChI is InChI=1S/C14H30N4/c1-16(2)7-4-8-17(3)14(12-15)6-10-18-9-5-13(14)11-18/h13H,4-12,15H2,1-3H3. The van der Waals surface area contributed by atoms with Crippen molar-refractivity contribution in [1.82, 2.24) is 14.7 Å². The third-order valence-electron chi connectivity index (χ3n) is 5.11. The Kier molecular flexibility index (Phi) is 4.64. The van der Waals surface area contributed by atoms with Crippen LogP contribution in [0.2, 0.25) is 0 Å². The fourth-order valence-electron chi connectivity index (χ4n) is 3.80. The van der Waals surface area contributed by atoms with E-state index in [-0.39, 0.29) is 5.54 Å². The van der Waals surface area contributed by atoms with Crippen molar-refractivity contribution in [1.29, 1.82) is 0 Å². The first-order valence-corrected chi connectivity index (χ1v) is 7.37. The first-order chi connectivity index (χ1) is 8.58. The van der Waals surface area contributed by atoms with Crippen molar-refractivity contribution in [3.63, 3.8) is 0 Å². The number of rotatable bonds is 6. The van der Waals surface area contributed by atoms with Gasteiger partial charge in [0.15, 0.2) is 0 Å². The van der Waals surface area contributed by atoms with Gasteiger partial charge in [0.1, 0.15) is 0 Å². The maximum absolute atomic E-state index is 6.18. The van der Waals surface area contributed by atoms with Crippen LogP contribution >= 0.6 is 0 Å². The average Bonchev–Trinajstić information content (AvgIpc) is 2.73. The molecule has 2 saturated heterocycles. The summed E-state index contributed by atoms with van der Waals surface area (Å²) in [5.74, 6) is 0.792. The van der Waals surface area contributed by atoms with Crippen molar-refractivity contribution in [3.05, 3.63) is 0 Å². The SMILES string of the molecule is CN(C)CCCN(C)C1(CN)CCN2CCC1C2. The second-order valence-corrected chi connectivity index (χ2v) is 6.42. The van der Waals surface area contributed by atoms with Gasteiger partial charge in [-0.1, -0.05) is 0 Å². The number of hydrogen-bond acceptors (Lipinski definition) is 4. The molecule has 2 rings (SSSR count). The molecular weight excluding hydrogens is 224 g/mol. The van der Waals surface area contributed by atoms with Crippen molar-refractivity contribution in [2.45, 2.75) is 24.8 Å². The zero-order valence-electron chi connectivity index (χ0n) is 12.4. The third-order valence-corrected chi connectivity index (χ3v) is 5.11. The molecule has 3 unspecified atom stereocenters. The minimum atomic E-state index is 0.277. The fraction of sp³-hybridized carbons (Fsp3) is 1.00. The van der Waals surface area contributed by atoms with Crippen molar-refractivity contribution in [2.75, 3.05) is 60.4 Å². The highest BCUT2D eigenvalue weighted by Gasteiger charge is 2.47. The molecule has 0 aliphatic carbocycles. The van der Waals surface area contributed by atoms with Crippen LogP contribution in [-0.2, 0) is 0 Å². The molecule has 2 aliphatic rings. The van der Waals surface area contributed by atoms with Crippen molar-refractivity contribution >= 4 is 0 Å². The maximum atomic E-state index is 6.18. The van der Waals surface area contributed by atoms with E-state index in [1.54, 1.807) is 0 Å². The summed E-state index contributed by atoms with van der Waals surface area (Å²) in [6.45, 7) is 6.97. The lowest BCUT2D eigenvalue weighted by atomic mass is 9.77. The Bertz CT molecular complexity index is 269. The van der Waals surface area contributed by atoms with Gasteiger partial charge in [0.05, 0.1) is 0 Å². The zero-order chi connectivity index (χ0) is 13.2. The maximum Gasteiger partial charge on any atom is 0.0381 e. The van der Waals surface area contributed by atoms with Crippen molar-refractivity contribution < 1.29 is 0 Å². The number of fused-ring (bicyclic) bond motifs is 2. The van der Waals surface area contributed by atoms with E-state index in [1.807, 2.05) is 0 Å². The number of nitrogens with zero attached hydrogens (tertiary/aromatic N) is 3. The summed E-state index contributed by atoms with van der Waals surface area (Å²) < 4.78 is 0. The molecule has 2 fully saturated rings. The second-order valence-electron chi connectivity index (χ2n) is 6.42. The first-order valence-electron chi connectivity index (χ1n) is 7.37. The summed E-state index contributed by atoms with van der Waals surface area (Å²) in [7, 11) is 6.58. The molecule has 2 N–H and O–H groups in total. The summed E-state index contributed by atoms with van der Waals surface area (Å²) in [6.07, 6.45) is 3.84. The van der Waals surface area contributed by atoms with E-state index in [4.69, 9.17) is 5.73 Å². The normalized spacial score (nSPS) is 35.7. The van der Waals surface area contributed by atoms with E-state index in [0.29, 0.717) is 0 Å². The predicted molar refractivity (Wildman–Crippen MR) is 76.8 cm³/mol. The van der Waals surface area contributed by atoms with Crippen LogP contribution in [0, 0.1) is 5.92 Å². The van der Waals surface area contributed by atoms with Gasteiger partial charge < -0.3 is 15.5 Å². The molecule has 18 heavy (non-hydrogen) atoms. The van der Waals surface area contributed by atoms with Crippen molar-refractivity contribution in [2.24, 2.45) is 11.7 Å². The largest absolute Gasteiger partial charge is 0.329 e. The topological polar surface area (TPSA) is 35.7 Å². The molecule has 2 heterocycles. The summed E-state index contributed by atoms with van der Waals surface area (Å²) in [5.41, 5.74) is 6.46. The monoisotopic (exact) mass is 254 g/mol. The Morgan fingerprint density at radius 1 is 1.22 bits per heavy atom. The van der Waals surface area contributed by atoms with Crippen LogP contribution in [0.1, 0.15) is 19.3 Å². The van der Waals surface area contributed by atoms with Crippen LogP contribution in [-0.4, -0.2) is 80.7 Å². The second kappa shape index (κ2) is 5.87. The minimum absolute atomic E-state index is 0.277. The van der Waals surface area contributed by atoms with Gasteiger partial charge in [0.25, 0.3) is 0 Å². The van der Waals surface area contributed by atoms with E-state index < -0.39 is 0 Å². The van der Waals surface area contributed by atoms with Gasteiger partial charge in [-0.2, -0.15) is 0 Å². The molecular formula is C14H30N4. The Morgan fingerprint density at radius 2 is 2.00 bits per heavy atom. The number of hydrogen-bond donors (Lipinski definition) is 1. The van der Waals surface area contributed by atoms with Crippen LogP contribution in [0.5, 0.6) is 0 Å². The van der Waals surface area contributed by atoms with Crippen LogP contribution < -0.4 is 5.73 Å². The zero-order valence-corrected chi connectivity index (χ0v) is 12.4. The highest BCUT2D eigenvalue weighted by molar-refractivity contribution is 5.04. The lowest BCUT2D eigenvalue weighted by Gasteiger charge is -2.48. The molecule has 0 amide bonds. The lowest BCUT2D eigenvalue weighted by Crippen LogP contribution is -2.61. The van der Waals surface area contributed by atoms with Gasteiger partial charge in [0, 0.05) is 18.6 Å². The third kappa shape index (κ3) is 2.72. The molecule has 0 aromatic carbocycles. The molecule has 0 saturated carbocycles. The van der Waals surface area contributed by atoms with E-state index in [9.17, 15) is 0 Å². The van der Waals surface area contributed by atoms with Gasteiger partial charge in [-0.15, -0.1) is 0 Å². The van der Waals surface area contributed by atoms with Crippen LogP contribution in [0.4, 0.5) is 0 Å². The smallest absolute Gasteiger partial charge is 0.0381 e. The van der Waals surface area contributed by atoms with Crippen LogP contribution in [0.25, 0.3) is 0 Å². The average molecular weight is 254 g/mol. The molecule has 4 heteroatoms. The highest BCUT2D eigenvalue weighted by atomic mass is 15.3. The summed E-state index contributed by atoms with van der Waals surface area (Å²) in [5, 5.41) is 0.